The zero-order valence-corrected chi connectivity index (χ0v) is 17.7. The van der Waals surface area contributed by atoms with E-state index in [0.717, 1.165) is 4.99 Å². The van der Waals surface area contributed by atoms with Gasteiger partial charge in [0.05, 0.1) is 17.1 Å². The van der Waals surface area contributed by atoms with Crippen molar-refractivity contribution >= 4 is 28.7 Å². The highest BCUT2D eigenvalue weighted by Gasteiger charge is 2.52. The molecule has 0 aromatic heterocycles. The van der Waals surface area contributed by atoms with Gasteiger partial charge in [-0.05, 0) is 50.9 Å². The van der Waals surface area contributed by atoms with Crippen LogP contribution in [0.1, 0.15) is 65.2 Å². The number of para-hydroxylation sites is 1. The second-order valence-electron chi connectivity index (χ2n) is 8.98. The fourth-order valence-corrected chi connectivity index (χ4v) is 5.41. The number of anilines is 1. The van der Waals surface area contributed by atoms with Crippen LogP contribution in [0.5, 0.6) is 0 Å². The molecule has 0 spiro atoms. The lowest BCUT2D eigenvalue weighted by Crippen LogP contribution is -2.50. The van der Waals surface area contributed by atoms with E-state index in [1.165, 1.54) is 76.0 Å². The van der Waals surface area contributed by atoms with E-state index < -0.39 is 0 Å². The monoisotopic (exact) mass is 383 g/mol. The van der Waals surface area contributed by atoms with Crippen molar-refractivity contribution in [2.45, 2.75) is 77.3 Å². The highest BCUT2D eigenvalue weighted by molar-refractivity contribution is 7.80. The number of likely N-dealkylation sites (tertiary alicyclic amines) is 1. The first-order valence-electron chi connectivity index (χ1n) is 10.8. The quantitative estimate of drug-likeness (QED) is 0.647. The average molecular weight is 384 g/mol. The Morgan fingerprint density at radius 1 is 0.926 bits per heavy atom. The SMILES string of the molecule is CC1(C)C(=S)N(c2ccccc2)C(=NC2CCCCC2)C1N1CCCCC1. The van der Waals surface area contributed by atoms with Gasteiger partial charge in [0, 0.05) is 11.1 Å². The number of hydrogen-bond acceptors (Lipinski definition) is 3. The van der Waals surface area contributed by atoms with Gasteiger partial charge in [0.25, 0.3) is 0 Å². The number of nitrogens with zero attached hydrogens (tertiary/aromatic N) is 3. The number of aliphatic imine (C=N–C) groups is 1. The molecule has 4 rings (SSSR count). The molecule has 1 atom stereocenters. The molecule has 0 N–H and O–H groups in total. The van der Waals surface area contributed by atoms with Crippen molar-refractivity contribution in [2.75, 3.05) is 18.0 Å². The van der Waals surface area contributed by atoms with Gasteiger partial charge in [0.1, 0.15) is 5.84 Å². The Morgan fingerprint density at radius 2 is 1.56 bits per heavy atom. The summed E-state index contributed by atoms with van der Waals surface area (Å²) in [5, 5.41) is 0. The Labute approximate surface area is 169 Å². The highest BCUT2D eigenvalue weighted by atomic mass is 32.1. The van der Waals surface area contributed by atoms with Gasteiger partial charge in [-0.15, -0.1) is 0 Å². The van der Waals surface area contributed by atoms with E-state index >= 15 is 0 Å². The smallest absolute Gasteiger partial charge is 0.127 e. The van der Waals surface area contributed by atoms with Crippen LogP contribution >= 0.6 is 12.2 Å². The van der Waals surface area contributed by atoms with Gasteiger partial charge in [-0.25, -0.2) is 0 Å². The summed E-state index contributed by atoms with van der Waals surface area (Å²) < 4.78 is 0. The van der Waals surface area contributed by atoms with E-state index in [9.17, 15) is 0 Å². The molecule has 3 fully saturated rings. The highest BCUT2D eigenvalue weighted by Crippen LogP contribution is 2.41. The second-order valence-corrected chi connectivity index (χ2v) is 9.36. The van der Waals surface area contributed by atoms with Crippen molar-refractivity contribution in [2.24, 2.45) is 10.4 Å². The van der Waals surface area contributed by atoms with E-state index in [-0.39, 0.29) is 5.41 Å². The Kier molecular flexibility index (Phi) is 5.65. The molecule has 0 amide bonds. The molecule has 2 aliphatic heterocycles. The van der Waals surface area contributed by atoms with E-state index in [1.54, 1.807) is 0 Å². The minimum Gasteiger partial charge on any atom is -0.293 e. The molecule has 3 nitrogen and oxygen atoms in total. The maximum Gasteiger partial charge on any atom is 0.127 e. The van der Waals surface area contributed by atoms with Crippen molar-refractivity contribution in [3.8, 4) is 0 Å². The molecule has 0 bridgehead atoms. The maximum atomic E-state index is 6.07. The van der Waals surface area contributed by atoms with Gasteiger partial charge < -0.3 is 0 Å². The van der Waals surface area contributed by atoms with Crippen molar-refractivity contribution in [1.82, 2.24) is 4.90 Å². The van der Waals surface area contributed by atoms with Gasteiger partial charge in [0.2, 0.25) is 0 Å². The largest absolute Gasteiger partial charge is 0.293 e. The summed E-state index contributed by atoms with van der Waals surface area (Å²) in [5.74, 6) is 1.21. The molecule has 2 heterocycles. The zero-order chi connectivity index (χ0) is 18.9. The van der Waals surface area contributed by atoms with E-state index in [2.05, 4.69) is 54.0 Å². The normalized spacial score (nSPS) is 28.8. The van der Waals surface area contributed by atoms with Crippen LogP contribution in [0.2, 0.25) is 0 Å². The molecule has 146 valence electrons. The number of benzene rings is 1. The molecule has 3 aliphatic rings. The molecule has 0 radical (unpaired) electrons. The van der Waals surface area contributed by atoms with Gasteiger partial charge >= 0.3 is 0 Å². The third kappa shape index (κ3) is 3.71. The summed E-state index contributed by atoms with van der Waals surface area (Å²) in [5.41, 5.74) is 1.10. The van der Waals surface area contributed by atoms with Gasteiger partial charge in [-0.3, -0.25) is 14.8 Å². The molecule has 1 aliphatic carbocycles. The first-order valence-corrected chi connectivity index (χ1v) is 11.2. The van der Waals surface area contributed by atoms with E-state index in [1.807, 2.05) is 0 Å². The zero-order valence-electron chi connectivity index (χ0n) is 16.9. The Balaban J connectivity index is 1.76. The number of rotatable bonds is 3. The lowest BCUT2D eigenvalue weighted by Gasteiger charge is -2.38. The summed E-state index contributed by atoms with van der Waals surface area (Å²) >= 11 is 6.07. The molecule has 2 saturated heterocycles. The first-order chi connectivity index (χ1) is 13.1. The fourth-order valence-electron chi connectivity index (χ4n) is 5.10. The molecule has 1 saturated carbocycles. The predicted molar refractivity (Wildman–Crippen MR) is 119 cm³/mol. The molecule has 1 aromatic carbocycles. The van der Waals surface area contributed by atoms with Gasteiger partial charge in [0.15, 0.2) is 0 Å². The average Bonchev–Trinajstić information content (AvgIpc) is 2.89. The van der Waals surface area contributed by atoms with Crippen molar-refractivity contribution < 1.29 is 0 Å². The lowest BCUT2D eigenvalue weighted by atomic mass is 9.85. The third-order valence-electron chi connectivity index (χ3n) is 6.57. The maximum absolute atomic E-state index is 6.07. The van der Waals surface area contributed by atoms with E-state index in [4.69, 9.17) is 17.2 Å². The molecule has 1 unspecified atom stereocenters. The minimum atomic E-state index is -0.0734. The van der Waals surface area contributed by atoms with Crippen LogP contribution in [0.3, 0.4) is 0 Å². The Morgan fingerprint density at radius 3 is 2.22 bits per heavy atom. The minimum absolute atomic E-state index is 0.0734. The third-order valence-corrected chi connectivity index (χ3v) is 7.28. The first kappa shape index (κ1) is 19.1. The van der Waals surface area contributed by atoms with Crippen LogP contribution < -0.4 is 4.90 Å². The van der Waals surface area contributed by atoms with Crippen LogP contribution in [0.15, 0.2) is 35.3 Å². The number of piperidine rings is 1. The summed E-state index contributed by atoms with van der Waals surface area (Å²) in [6, 6.07) is 11.4. The number of amidine groups is 1. The number of thiocarbonyl (C=S) groups is 1. The van der Waals surface area contributed by atoms with Crippen LogP contribution in [0, 0.1) is 5.41 Å². The van der Waals surface area contributed by atoms with Crippen molar-refractivity contribution in [1.29, 1.82) is 0 Å². The van der Waals surface area contributed by atoms with E-state index in [0.29, 0.717) is 12.1 Å². The molecular weight excluding hydrogens is 350 g/mol. The number of hydrogen-bond donors (Lipinski definition) is 0. The Bertz CT molecular complexity index is 685. The summed E-state index contributed by atoms with van der Waals surface area (Å²) in [6.07, 6.45) is 10.4. The van der Waals surface area contributed by atoms with Crippen molar-refractivity contribution in [3.63, 3.8) is 0 Å². The summed E-state index contributed by atoms with van der Waals surface area (Å²) in [6.45, 7) is 6.99. The van der Waals surface area contributed by atoms with Crippen LogP contribution in [0.4, 0.5) is 5.69 Å². The molecular formula is C23H33N3S. The lowest BCUT2D eigenvalue weighted by molar-refractivity contribution is 0.154. The predicted octanol–water partition coefficient (Wildman–Crippen LogP) is 5.45. The van der Waals surface area contributed by atoms with Gasteiger partial charge in [-0.1, -0.05) is 69.9 Å². The molecule has 1 aromatic rings. The summed E-state index contributed by atoms with van der Waals surface area (Å²) in [4.78, 5) is 11.4. The topological polar surface area (TPSA) is 18.8 Å². The van der Waals surface area contributed by atoms with Crippen LogP contribution in [-0.4, -0.2) is 40.9 Å². The van der Waals surface area contributed by atoms with Crippen LogP contribution in [-0.2, 0) is 0 Å². The second kappa shape index (κ2) is 8.00. The van der Waals surface area contributed by atoms with Crippen LogP contribution in [0.25, 0.3) is 0 Å². The fraction of sp³-hybridized carbons (Fsp3) is 0.652. The van der Waals surface area contributed by atoms with Gasteiger partial charge in [-0.2, -0.15) is 0 Å². The molecule has 27 heavy (non-hydrogen) atoms. The summed E-state index contributed by atoms with van der Waals surface area (Å²) in [7, 11) is 0. The van der Waals surface area contributed by atoms with Crippen molar-refractivity contribution in [3.05, 3.63) is 30.3 Å². The Hall–Kier alpha value is -1.26. The molecule has 4 heteroatoms. The standard InChI is InChI=1S/C23H33N3S/c1-23(2)20(25-16-10-5-11-17-25)21(24-18-12-6-3-7-13-18)26(22(23)27)19-14-8-4-9-15-19/h4,8-9,14-15,18,20H,3,5-7,10-13,16-17H2,1-2H3.